The van der Waals surface area contributed by atoms with Gasteiger partial charge in [0.25, 0.3) is 0 Å². The Kier molecular flexibility index (Phi) is 43.5. The van der Waals surface area contributed by atoms with Crippen LogP contribution in [0.4, 0.5) is 0 Å². The number of unbranched alkanes of at least 4 members (excludes halogenated alkanes) is 28. The maximum Gasteiger partial charge on any atom is 0.306 e. The number of aliphatic hydroxyl groups excluding tert-OH is 1. The van der Waals surface area contributed by atoms with Crippen molar-refractivity contribution in [3.63, 3.8) is 0 Å². The molecule has 0 fully saturated rings. The molecule has 4 nitrogen and oxygen atoms in total. The van der Waals surface area contributed by atoms with E-state index in [0.29, 0.717) is 19.6 Å². The minimum atomic E-state index is -0.537. The molecule has 0 aromatic rings. The predicted molar refractivity (Wildman–Crippen MR) is 224 cm³/mol. The molecule has 0 amide bonds. The quantitative estimate of drug-likeness (QED) is 0.0388. The molecule has 0 heterocycles. The van der Waals surface area contributed by atoms with Gasteiger partial charge in [-0.2, -0.15) is 0 Å². The van der Waals surface area contributed by atoms with Crippen LogP contribution in [0.1, 0.15) is 232 Å². The third-order valence-electron chi connectivity index (χ3n) is 9.94. The van der Waals surface area contributed by atoms with Crippen LogP contribution in [-0.4, -0.2) is 37.0 Å². The van der Waals surface area contributed by atoms with Crippen LogP contribution in [0.3, 0.4) is 0 Å². The molecule has 1 N–H and O–H groups in total. The van der Waals surface area contributed by atoms with Gasteiger partial charge in [0.15, 0.2) is 0 Å². The van der Waals surface area contributed by atoms with Gasteiger partial charge in [-0.15, -0.1) is 0 Å². The first-order valence-electron chi connectivity index (χ1n) is 22.6. The number of rotatable bonds is 42. The average molecular weight is 717 g/mol. The van der Waals surface area contributed by atoms with Gasteiger partial charge in [0, 0.05) is 13.0 Å². The summed E-state index contributed by atoms with van der Waals surface area (Å²) in [4.78, 5) is 12.2. The van der Waals surface area contributed by atoms with Gasteiger partial charge in [0.05, 0.1) is 13.2 Å². The van der Waals surface area contributed by atoms with E-state index in [-0.39, 0.29) is 12.6 Å². The highest BCUT2D eigenvalue weighted by Gasteiger charge is 2.13. The van der Waals surface area contributed by atoms with Gasteiger partial charge in [-0.1, -0.05) is 192 Å². The van der Waals surface area contributed by atoms with Crippen LogP contribution in [0, 0.1) is 0 Å². The molecule has 1 unspecified atom stereocenters. The van der Waals surface area contributed by atoms with Crippen molar-refractivity contribution < 1.29 is 19.4 Å². The van der Waals surface area contributed by atoms with Crippen LogP contribution in [0.15, 0.2) is 36.5 Å². The summed E-state index contributed by atoms with van der Waals surface area (Å²) in [6.07, 6.45) is 56.4. The summed E-state index contributed by atoms with van der Waals surface area (Å²) in [6.45, 7) is 5.34. The number of hydrogen-bond acceptors (Lipinski definition) is 4. The standard InChI is InChI=1S/C47H88O4/c1-3-5-7-9-11-13-15-17-19-21-22-23-24-25-27-29-31-33-35-37-39-41-43-50-45-46(44-48)51-47(49)42-40-38-36-34-32-30-28-26-20-18-16-14-12-10-8-6-4-2/h15,17-18,20-22,46,48H,3-14,16,19,23-45H2,1-2H3/b17-15-,20-18-,22-21-. The Morgan fingerprint density at radius 1 is 0.471 bits per heavy atom. The lowest BCUT2D eigenvalue weighted by Crippen LogP contribution is -2.27. The summed E-state index contributed by atoms with van der Waals surface area (Å²) in [7, 11) is 0. The Morgan fingerprint density at radius 3 is 1.24 bits per heavy atom. The van der Waals surface area contributed by atoms with E-state index < -0.39 is 6.10 Å². The second-order valence-corrected chi connectivity index (χ2v) is 15.1. The molecule has 300 valence electrons. The monoisotopic (exact) mass is 717 g/mol. The fourth-order valence-corrected chi connectivity index (χ4v) is 6.53. The van der Waals surface area contributed by atoms with Gasteiger partial charge in [-0.3, -0.25) is 4.79 Å². The van der Waals surface area contributed by atoms with Crippen LogP contribution >= 0.6 is 0 Å². The molecule has 0 spiro atoms. The van der Waals surface area contributed by atoms with Crippen molar-refractivity contribution in [2.45, 2.75) is 238 Å². The third kappa shape index (κ3) is 42.9. The van der Waals surface area contributed by atoms with Crippen molar-refractivity contribution in [1.29, 1.82) is 0 Å². The van der Waals surface area contributed by atoms with Gasteiger partial charge < -0.3 is 14.6 Å². The third-order valence-corrected chi connectivity index (χ3v) is 9.94. The molecular weight excluding hydrogens is 629 g/mol. The summed E-state index contributed by atoms with van der Waals surface area (Å²) in [5.74, 6) is -0.204. The number of esters is 1. The predicted octanol–water partition coefficient (Wildman–Crippen LogP) is 14.9. The topological polar surface area (TPSA) is 55.8 Å². The number of carbonyl (C=O) groups excluding carboxylic acids is 1. The van der Waals surface area contributed by atoms with Crippen LogP contribution in [-0.2, 0) is 14.3 Å². The lowest BCUT2D eigenvalue weighted by Gasteiger charge is -2.16. The van der Waals surface area contributed by atoms with Gasteiger partial charge >= 0.3 is 5.97 Å². The van der Waals surface area contributed by atoms with Gasteiger partial charge in [-0.25, -0.2) is 0 Å². The summed E-state index contributed by atoms with van der Waals surface area (Å²) in [6, 6.07) is 0. The zero-order chi connectivity index (χ0) is 37.0. The second-order valence-electron chi connectivity index (χ2n) is 15.1. The summed E-state index contributed by atoms with van der Waals surface area (Å²) in [5, 5.41) is 9.61. The van der Waals surface area contributed by atoms with Crippen LogP contribution in [0.2, 0.25) is 0 Å². The van der Waals surface area contributed by atoms with Crippen molar-refractivity contribution in [3.05, 3.63) is 36.5 Å². The molecule has 0 saturated heterocycles. The summed E-state index contributed by atoms with van der Waals surface area (Å²) >= 11 is 0. The average Bonchev–Trinajstić information content (AvgIpc) is 3.14. The van der Waals surface area contributed by atoms with E-state index in [9.17, 15) is 9.90 Å². The first-order chi connectivity index (χ1) is 25.2. The Labute approximate surface area is 319 Å². The van der Waals surface area contributed by atoms with Crippen molar-refractivity contribution in [2.24, 2.45) is 0 Å². The number of aliphatic hydroxyl groups is 1. The summed E-state index contributed by atoms with van der Waals surface area (Å²) < 4.78 is 11.2. The van der Waals surface area contributed by atoms with Crippen molar-refractivity contribution in [2.75, 3.05) is 19.8 Å². The molecule has 0 bridgehead atoms. The lowest BCUT2D eigenvalue weighted by atomic mass is 10.1. The highest BCUT2D eigenvalue weighted by molar-refractivity contribution is 5.69. The first-order valence-corrected chi connectivity index (χ1v) is 22.6. The fourth-order valence-electron chi connectivity index (χ4n) is 6.53. The van der Waals surface area contributed by atoms with Crippen LogP contribution in [0.25, 0.3) is 0 Å². The second kappa shape index (κ2) is 44.8. The summed E-state index contributed by atoms with van der Waals surface area (Å²) in [5.41, 5.74) is 0. The van der Waals surface area contributed by atoms with Crippen LogP contribution < -0.4 is 0 Å². The Bertz CT molecular complexity index is 757. The van der Waals surface area contributed by atoms with Crippen molar-refractivity contribution in [1.82, 2.24) is 0 Å². The Morgan fingerprint density at radius 2 is 0.824 bits per heavy atom. The first kappa shape index (κ1) is 49.6. The molecule has 0 aliphatic heterocycles. The minimum Gasteiger partial charge on any atom is -0.457 e. The number of ether oxygens (including phenoxy) is 2. The van der Waals surface area contributed by atoms with Gasteiger partial charge in [0.2, 0.25) is 0 Å². The van der Waals surface area contributed by atoms with E-state index in [1.807, 2.05) is 0 Å². The molecule has 51 heavy (non-hydrogen) atoms. The largest absolute Gasteiger partial charge is 0.457 e. The molecule has 0 aromatic carbocycles. The lowest BCUT2D eigenvalue weighted by molar-refractivity contribution is -0.154. The highest BCUT2D eigenvalue weighted by atomic mass is 16.6. The molecular formula is C47H88O4. The maximum absolute atomic E-state index is 12.2. The molecule has 1 atom stereocenters. The SMILES string of the molecule is CCCCCCC/C=C\C/C=C\CCCCCCCCCCCCOCC(CO)OC(=O)CCCCCCCCC/C=C\CCCCCCCC. The van der Waals surface area contributed by atoms with E-state index in [1.165, 1.54) is 186 Å². The normalized spacial score (nSPS) is 12.6. The molecule has 0 aromatic heterocycles. The maximum atomic E-state index is 12.2. The van der Waals surface area contributed by atoms with E-state index in [0.717, 1.165) is 25.7 Å². The van der Waals surface area contributed by atoms with Crippen molar-refractivity contribution >= 4 is 5.97 Å². The minimum absolute atomic E-state index is 0.173. The molecule has 0 aliphatic rings. The number of carbonyl (C=O) groups is 1. The van der Waals surface area contributed by atoms with Gasteiger partial charge in [0.1, 0.15) is 6.10 Å². The molecule has 0 rings (SSSR count). The van der Waals surface area contributed by atoms with Gasteiger partial charge in [-0.05, 0) is 70.6 Å². The number of hydrogen-bond donors (Lipinski definition) is 1. The highest BCUT2D eigenvalue weighted by Crippen LogP contribution is 2.14. The number of allylic oxidation sites excluding steroid dienone is 6. The van der Waals surface area contributed by atoms with E-state index in [4.69, 9.17) is 9.47 Å². The zero-order valence-corrected chi connectivity index (χ0v) is 34.4. The van der Waals surface area contributed by atoms with Crippen molar-refractivity contribution in [3.8, 4) is 0 Å². The zero-order valence-electron chi connectivity index (χ0n) is 34.4. The Hall–Kier alpha value is -1.39. The van der Waals surface area contributed by atoms with Crippen LogP contribution in [0.5, 0.6) is 0 Å². The fraction of sp³-hybridized carbons (Fsp3) is 0.851. The van der Waals surface area contributed by atoms with E-state index >= 15 is 0 Å². The molecule has 4 heteroatoms. The van der Waals surface area contributed by atoms with E-state index in [2.05, 4.69) is 50.3 Å². The van der Waals surface area contributed by atoms with E-state index in [1.54, 1.807) is 0 Å². The molecule has 0 radical (unpaired) electrons. The molecule has 0 saturated carbocycles. The smallest absolute Gasteiger partial charge is 0.306 e. The Balaban J connectivity index is 3.42. The molecule has 0 aliphatic carbocycles.